The smallest absolute Gasteiger partial charge is 0.389 e. The van der Waals surface area contributed by atoms with Gasteiger partial charge >= 0.3 is 6.18 Å². The third kappa shape index (κ3) is 21.8. The number of nitrogens with zero attached hydrogens (tertiary/aromatic N) is 15. The highest BCUT2D eigenvalue weighted by molar-refractivity contribution is 7.09. The van der Waals surface area contributed by atoms with Crippen LogP contribution in [0.25, 0.3) is 84.5 Å². The lowest BCUT2D eigenvalue weighted by atomic mass is 10.1. The van der Waals surface area contributed by atoms with Crippen LogP contribution in [0.4, 0.5) is 13.2 Å². The molecule has 0 aliphatic carbocycles. The zero-order chi connectivity index (χ0) is 94.1. The highest BCUT2D eigenvalue weighted by Gasteiger charge is 2.30. The second-order valence-corrected chi connectivity index (χ2v) is 33.7. The average Bonchev–Trinajstić information content (AvgIpc) is 1.63. The van der Waals surface area contributed by atoms with Gasteiger partial charge in [-0.1, -0.05) is 305 Å². The number of aromatic nitrogens is 15. The number of fused-ring (bicyclic) bond motifs is 5. The molecular weight excluding hydrogens is 1740 g/mol. The summed E-state index contributed by atoms with van der Waals surface area (Å²) in [4.78, 5) is 47.9. The van der Waals surface area contributed by atoms with Crippen molar-refractivity contribution in [3.8, 4) is 91.4 Å². The van der Waals surface area contributed by atoms with Crippen molar-refractivity contribution in [3.05, 3.63) is 460 Å². The lowest BCUT2D eigenvalue weighted by Crippen LogP contribution is -2.08. The van der Waals surface area contributed by atoms with Crippen LogP contribution in [0.5, 0.6) is 35.1 Å². The number of hydrogen-bond donors (Lipinski definition) is 6. The molecular formula is C111H92F3N15O7S. The molecule has 0 aliphatic rings. The number of aryl methyl sites for hydroxylation is 2. The normalized spacial score (nSPS) is 11.3. The van der Waals surface area contributed by atoms with Crippen molar-refractivity contribution in [1.82, 2.24) is 71.8 Å². The van der Waals surface area contributed by atoms with Gasteiger partial charge in [-0.25, -0.2) is 44.9 Å². The van der Waals surface area contributed by atoms with Crippen LogP contribution in [-0.2, 0) is 57.8 Å². The number of hydrogen-bond acceptors (Lipinski definition) is 18. The van der Waals surface area contributed by atoms with Crippen LogP contribution >= 0.6 is 11.3 Å². The van der Waals surface area contributed by atoms with E-state index >= 15 is 0 Å². The Hall–Kier alpha value is -17.1. The average molecular weight is 1840 g/mol. The predicted molar refractivity (Wildman–Crippen MR) is 525 cm³/mol. The van der Waals surface area contributed by atoms with E-state index in [9.17, 15) is 43.8 Å². The number of phenols is 1. The highest BCUT2D eigenvalue weighted by Crippen LogP contribution is 2.36. The third-order valence-corrected chi connectivity index (χ3v) is 23.8. The molecule has 0 radical (unpaired) electrons. The van der Waals surface area contributed by atoms with Gasteiger partial charge in [0.05, 0.1) is 70.1 Å². The molecule has 0 atom stereocenters. The summed E-state index contributed by atoms with van der Waals surface area (Å²) in [6.45, 7) is 2.09. The Labute approximate surface area is 790 Å². The molecule has 0 aliphatic heterocycles. The molecule has 680 valence electrons. The number of phenolic OH excluding ortho intramolecular Hbond substituents is 1. The minimum atomic E-state index is -4.32. The van der Waals surface area contributed by atoms with Gasteiger partial charge in [0.1, 0.15) is 40.0 Å². The van der Waals surface area contributed by atoms with Crippen molar-refractivity contribution in [2.75, 3.05) is 0 Å². The molecule has 0 fully saturated rings. The second-order valence-electron chi connectivity index (χ2n) is 32.7. The number of furan rings is 1. The third-order valence-electron chi connectivity index (χ3n) is 22.9. The molecule has 26 heteroatoms. The first-order valence-corrected chi connectivity index (χ1v) is 45.6. The predicted octanol–water partition coefficient (Wildman–Crippen LogP) is 23.5. The zero-order valence-corrected chi connectivity index (χ0v) is 75.2. The summed E-state index contributed by atoms with van der Waals surface area (Å²) < 4.78 is 51.7. The molecule has 12 heterocycles. The first-order chi connectivity index (χ1) is 66.9. The van der Waals surface area contributed by atoms with Crippen LogP contribution in [0.2, 0.25) is 0 Å². The van der Waals surface area contributed by atoms with E-state index in [-0.39, 0.29) is 47.3 Å². The molecule has 6 N–H and O–H groups in total. The number of alkyl halides is 3. The second kappa shape index (κ2) is 41.8. The molecule has 0 spiro atoms. The summed E-state index contributed by atoms with van der Waals surface area (Å²) in [5.41, 5.74) is 22.9. The minimum Gasteiger partial charge on any atom is -0.508 e. The Morgan fingerprint density at radius 2 is 0.606 bits per heavy atom. The van der Waals surface area contributed by atoms with Gasteiger partial charge in [-0.3, -0.25) is 27.0 Å². The van der Waals surface area contributed by atoms with Crippen molar-refractivity contribution in [2.24, 2.45) is 0 Å². The van der Waals surface area contributed by atoms with Crippen LogP contribution < -0.4 is 0 Å². The standard InChI is InChI=1S/C24H19N3O2.C24H19N3OS.C22H18F3N3O.C22H21N3O.C19H15N3O2/c2*28-24-21(15-19-12-7-13-29-19)26-23-20(14-17-8-3-1-4-9-17)25-22(16-27(23)24)18-10-5-2-6-11-18;23-22(24,25)12-11-17-21(29)28-14-19(16-9-5-2-6-10-16)26-18(20(28)27-17)13-15-7-3-1-4-8-15;1-2-9-18-22(26)25-15-20(17-12-7-4-8-13-17)23-19(21(25)24-18)14-16-10-5-3-6-11-16;23-15-8-6-13(7-9-15)10-16-19(24)22-12-17(20-11-18(22)21-16)14-4-2-1-3-5-14/h2*1-13,16,28H,14-15H2;1-10,14,29H,11-13H2;3-8,10-13,15,26H,2,9,14H2,1H3;1-9,11-12,23-24H,10H2. The molecule has 0 saturated heterocycles. The topological polar surface area (TPSA) is 285 Å². The van der Waals surface area contributed by atoms with E-state index in [0.29, 0.717) is 96.0 Å². The van der Waals surface area contributed by atoms with Gasteiger partial charge in [-0.05, 0) is 69.9 Å². The summed E-state index contributed by atoms with van der Waals surface area (Å²) in [7, 11) is 0. The number of benzene rings is 10. The Morgan fingerprint density at radius 1 is 0.292 bits per heavy atom. The molecule has 0 bridgehead atoms. The lowest BCUT2D eigenvalue weighted by Gasteiger charge is -2.08. The van der Waals surface area contributed by atoms with E-state index in [2.05, 4.69) is 69.3 Å². The lowest BCUT2D eigenvalue weighted by molar-refractivity contribution is -0.134. The SMILES string of the molecule is CCCc1nc2c(Cc3ccccc3)nc(-c3ccccc3)cn2c1O.Oc1c(CCC(F)(F)F)nc2c(Cc3ccccc3)nc(-c3ccccc3)cn12.Oc1c(Cc2ccco2)nc2c(Cc3ccccc3)nc(-c3ccccc3)cn12.Oc1c(Cc2cccs2)nc2c(Cc3ccccc3)nc(-c3ccccc3)cn12.Oc1ccc(Cc2nc3cnc(-c4ccccc4)cn3c2O)cc1. The molecule has 22 rings (SSSR count). The van der Waals surface area contributed by atoms with Crippen molar-refractivity contribution < 1.29 is 48.2 Å². The number of thiophene rings is 1. The van der Waals surface area contributed by atoms with E-state index in [0.717, 1.165) is 120 Å². The van der Waals surface area contributed by atoms with Crippen molar-refractivity contribution in [1.29, 1.82) is 0 Å². The highest BCUT2D eigenvalue weighted by atomic mass is 32.1. The van der Waals surface area contributed by atoms with Crippen LogP contribution in [0, 0.1) is 0 Å². The van der Waals surface area contributed by atoms with Gasteiger partial charge < -0.3 is 35.1 Å². The summed E-state index contributed by atoms with van der Waals surface area (Å²) in [6, 6.07) is 104. The maximum absolute atomic E-state index is 12.7. The number of halogens is 3. The minimum absolute atomic E-state index is 0.0173. The number of rotatable bonds is 23. The molecule has 137 heavy (non-hydrogen) atoms. The van der Waals surface area contributed by atoms with E-state index in [1.165, 1.54) is 14.8 Å². The zero-order valence-electron chi connectivity index (χ0n) is 74.3. The Morgan fingerprint density at radius 3 is 0.956 bits per heavy atom. The molecule has 22 aromatic rings. The van der Waals surface area contributed by atoms with Crippen molar-refractivity contribution in [3.63, 3.8) is 0 Å². The van der Waals surface area contributed by atoms with Gasteiger partial charge in [-0.2, -0.15) is 13.2 Å². The van der Waals surface area contributed by atoms with Crippen LogP contribution in [-0.4, -0.2) is 109 Å². The summed E-state index contributed by atoms with van der Waals surface area (Å²) in [6.07, 6.45) is 12.1. The largest absolute Gasteiger partial charge is 0.508 e. The number of aromatic hydroxyl groups is 6. The first-order valence-electron chi connectivity index (χ1n) is 44.7. The van der Waals surface area contributed by atoms with E-state index in [1.54, 1.807) is 65.9 Å². The van der Waals surface area contributed by atoms with Gasteiger partial charge in [-0.15, -0.1) is 11.3 Å². The molecule has 0 saturated carbocycles. The molecule has 22 nitrogen and oxygen atoms in total. The quantitative estimate of drug-likeness (QED) is 0.0347. The maximum atomic E-state index is 12.7. The fourth-order valence-electron chi connectivity index (χ4n) is 16.1. The fourth-order valence-corrected chi connectivity index (χ4v) is 16.8. The van der Waals surface area contributed by atoms with Crippen molar-refractivity contribution >= 4 is 39.6 Å². The van der Waals surface area contributed by atoms with Crippen LogP contribution in [0.15, 0.2) is 375 Å². The Balaban J connectivity index is 0.000000114. The van der Waals surface area contributed by atoms with Gasteiger partial charge in [0.25, 0.3) is 0 Å². The van der Waals surface area contributed by atoms with Gasteiger partial charge in [0, 0.05) is 115 Å². The molecule has 10 aromatic carbocycles. The van der Waals surface area contributed by atoms with E-state index in [4.69, 9.17) is 34.3 Å². The van der Waals surface area contributed by atoms with E-state index in [1.807, 2.05) is 291 Å². The monoisotopic (exact) mass is 1840 g/mol. The van der Waals surface area contributed by atoms with Gasteiger partial charge in [0.2, 0.25) is 29.4 Å². The Bertz CT molecular complexity index is 7580. The molecule has 0 amide bonds. The van der Waals surface area contributed by atoms with Crippen LogP contribution in [0.1, 0.15) is 109 Å². The van der Waals surface area contributed by atoms with E-state index < -0.39 is 12.6 Å². The summed E-state index contributed by atoms with van der Waals surface area (Å²) in [5, 5.41) is 64.9. The maximum Gasteiger partial charge on any atom is 0.389 e. The fraction of sp³-hybridized carbons (Fsp3) is 0.117. The van der Waals surface area contributed by atoms with Gasteiger partial charge in [0.15, 0.2) is 28.2 Å². The molecule has 12 aromatic heterocycles. The number of imidazole rings is 5. The summed E-state index contributed by atoms with van der Waals surface area (Å²) >= 11 is 1.67. The Kier molecular flexibility index (Phi) is 27.6. The summed E-state index contributed by atoms with van der Waals surface area (Å²) in [5.74, 6) is 1.32. The first kappa shape index (κ1) is 90.4. The van der Waals surface area contributed by atoms with Crippen molar-refractivity contribution in [2.45, 2.75) is 83.7 Å². The van der Waals surface area contributed by atoms with Crippen LogP contribution in [0.3, 0.4) is 0 Å². The molecule has 0 unspecified atom stereocenters.